The smallest absolute Gasteiger partial charge is 0.380 e. The number of aromatic nitrogens is 1. The number of nitrogens with two attached hydrogens (primary N) is 1. The van der Waals surface area contributed by atoms with E-state index in [0.29, 0.717) is 32.7 Å². The van der Waals surface area contributed by atoms with Gasteiger partial charge in [-0.15, -0.1) is 0 Å². The maximum absolute atomic E-state index is 12.4. The predicted molar refractivity (Wildman–Crippen MR) is 62.2 cm³/mol. The Morgan fingerprint density at radius 1 is 1.28 bits per heavy atom. The molecule has 0 saturated carbocycles. The summed E-state index contributed by atoms with van der Waals surface area (Å²) in [5.41, 5.74) is 4.34. The topological polar surface area (TPSA) is 60.2 Å². The molecule has 18 heavy (non-hydrogen) atoms. The Morgan fingerprint density at radius 3 is 2.72 bits per heavy atom. The lowest BCUT2D eigenvalue weighted by atomic mass is 10.3. The van der Waals surface area contributed by atoms with Crippen LogP contribution in [0.15, 0.2) is 18.2 Å². The summed E-state index contributed by atoms with van der Waals surface area (Å²) in [5, 5.41) is 2.81. The first kappa shape index (κ1) is 14.7. The molecule has 0 aromatic carbocycles. The molecule has 1 aromatic rings. The van der Waals surface area contributed by atoms with Crippen molar-refractivity contribution in [2.75, 3.05) is 31.6 Å². The lowest BCUT2D eigenvalue weighted by Crippen LogP contribution is -2.13. The van der Waals surface area contributed by atoms with Gasteiger partial charge in [0.2, 0.25) is 0 Å². The zero-order valence-electron chi connectivity index (χ0n) is 9.83. The van der Waals surface area contributed by atoms with E-state index in [2.05, 4.69) is 10.3 Å². The van der Waals surface area contributed by atoms with Crippen molar-refractivity contribution >= 4 is 5.82 Å². The second-order valence-corrected chi connectivity index (χ2v) is 3.59. The summed E-state index contributed by atoms with van der Waals surface area (Å²) in [6.45, 7) is 1.96. The van der Waals surface area contributed by atoms with Gasteiger partial charge in [-0.25, -0.2) is 4.98 Å². The highest BCUT2D eigenvalue weighted by molar-refractivity contribution is 5.35. The lowest BCUT2D eigenvalue weighted by molar-refractivity contribution is -0.141. The van der Waals surface area contributed by atoms with Crippen molar-refractivity contribution in [2.24, 2.45) is 5.73 Å². The SMILES string of the molecule is NCCOCCCNc1cccc(C(F)(F)F)n1. The van der Waals surface area contributed by atoms with Crippen molar-refractivity contribution < 1.29 is 17.9 Å². The highest BCUT2D eigenvalue weighted by Gasteiger charge is 2.32. The molecule has 4 nitrogen and oxygen atoms in total. The third-order valence-electron chi connectivity index (χ3n) is 2.07. The van der Waals surface area contributed by atoms with Gasteiger partial charge in [0.05, 0.1) is 6.61 Å². The van der Waals surface area contributed by atoms with Crippen molar-refractivity contribution in [1.82, 2.24) is 4.98 Å². The van der Waals surface area contributed by atoms with Crippen LogP contribution in [0.2, 0.25) is 0 Å². The molecule has 0 aliphatic carbocycles. The molecule has 102 valence electrons. The fourth-order valence-corrected chi connectivity index (χ4v) is 1.27. The number of hydrogen-bond donors (Lipinski definition) is 2. The van der Waals surface area contributed by atoms with E-state index in [1.807, 2.05) is 0 Å². The van der Waals surface area contributed by atoms with Gasteiger partial charge in [0.25, 0.3) is 0 Å². The van der Waals surface area contributed by atoms with Gasteiger partial charge >= 0.3 is 6.18 Å². The fourth-order valence-electron chi connectivity index (χ4n) is 1.27. The zero-order valence-corrected chi connectivity index (χ0v) is 9.83. The van der Waals surface area contributed by atoms with Crippen molar-refractivity contribution in [3.8, 4) is 0 Å². The third kappa shape index (κ3) is 5.33. The average Bonchev–Trinajstić information content (AvgIpc) is 2.33. The largest absolute Gasteiger partial charge is 0.433 e. The first-order chi connectivity index (χ1) is 8.54. The van der Waals surface area contributed by atoms with Gasteiger partial charge in [-0.3, -0.25) is 0 Å². The number of nitrogens with zero attached hydrogens (tertiary/aromatic N) is 1. The highest BCUT2D eigenvalue weighted by atomic mass is 19.4. The second-order valence-electron chi connectivity index (χ2n) is 3.59. The molecule has 0 radical (unpaired) electrons. The molecule has 7 heteroatoms. The molecule has 0 unspecified atom stereocenters. The Morgan fingerprint density at radius 2 is 2.06 bits per heavy atom. The van der Waals surface area contributed by atoms with E-state index in [4.69, 9.17) is 10.5 Å². The van der Waals surface area contributed by atoms with Gasteiger partial charge in [-0.2, -0.15) is 13.2 Å². The van der Waals surface area contributed by atoms with Gasteiger partial charge in [-0.05, 0) is 18.6 Å². The number of nitrogens with one attached hydrogen (secondary N) is 1. The normalized spacial score (nSPS) is 11.6. The zero-order chi connectivity index (χ0) is 13.4. The minimum Gasteiger partial charge on any atom is -0.380 e. The molecule has 0 aliphatic rings. The van der Waals surface area contributed by atoms with Crippen LogP contribution in [0.4, 0.5) is 19.0 Å². The van der Waals surface area contributed by atoms with E-state index in [1.165, 1.54) is 12.1 Å². The molecular weight excluding hydrogens is 247 g/mol. The van der Waals surface area contributed by atoms with Crippen molar-refractivity contribution in [3.63, 3.8) is 0 Å². The number of anilines is 1. The molecule has 0 atom stereocenters. The number of pyridine rings is 1. The summed E-state index contributed by atoms with van der Waals surface area (Å²) >= 11 is 0. The van der Waals surface area contributed by atoms with E-state index in [9.17, 15) is 13.2 Å². The van der Waals surface area contributed by atoms with Gasteiger partial charge < -0.3 is 15.8 Å². The first-order valence-corrected chi connectivity index (χ1v) is 5.60. The van der Waals surface area contributed by atoms with Crippen molar-refractivity contribution in [3.05, 3.63) is 23.9 Å². The number of hydrogen-bond acceptors (Lipinski definition) is 4. The van der Waals surface area contributed by atoms with Crippen LogP contribution in [-0.4, -0.2) is 31.3 Å². The molecule has 0 spiro atoms. The van der Waals surface area contributed by atoms with E-state index < -0.39 is 11.9 Å². The van der Waals surface area contributed by atoms with E-state index in [1.54, 1.807) is 0 Å². The highest BCUT2D eigenvalue weighted by Crippen LogP contribution is 2.27. The molecule has 3 N–H and O–H groups in total. The predicted octanol–water partition coefficient (Wildman–Crippen LogP) is 1.88. The van der Waals surface area contributed by atoms with E-state index in [0.717, 1.165) is 6.07 Å². The molecule has 1 rings (SSSR count). The number of halogens is 3. The molecule has 0 fully saturated rings. The maximum Gasteiger partial charge on any atom is 0.433 e. The summed E-state index contributed by atoms with van der Waals surface area (Å²) in [4.78, 5) is 3.48. The summed E-state index contributed by atoms with van der Waals surface area (Å²) in [7, 11) is 0. The molecule has 1 heterocycles. The van der Waals surface area contributed by atoms with Crippen LogP contribution < -0.4 is 11.1 Å². The molecule has 1 aromatic heterocycles. The van der Waals surface area contributed by atoms with Gasteiger partial charge in [0.1, 0.15) is 11.5 Å². The maximum atomic E-state index is 12.4. The minimum absolute atomic E-state index is 0.212. The van der Waals surface area contributed by atoms with Crippen LogP contribution in [0.25, 0.3) is 0 Å². The standard InChI is InChI=1S/C11H16F3N3O/c12-11(13,14)9-3-1-4-10(17-9)16-6-2-7-18-8-5-15/h1,3-4H,2,5-8,15H2,(H,16,17). The monoisotopic (exact) mass is 263 g/mol. The number of alkyl halides is 3. The Bertz CT molecular complexity index is 358. The molecule has 0 bridgehead atoms. The first-order valence-electron chi connectivity index (χ1n) is 5.60. The molecular formula is C11H16F3N3O. The molecule has 0 saturated heterocycles. The number of rotatable bonds is 7. The van der Waals surface area contributed by atoms with Crippen molar-refractivity contribution in [2.45, 2.75) is 12.6 Å². The average molecular weight is 263 g/mol. The van der Waals surface area contributed by atoms with Gasteiger partial charge in [0.15, 0.2) is 0 Å². The van der Waals surface area contributed by atoms with Crippen LogP contribution >= 0.6 is 0 Å². The summed E-state index contributed by atoms with van der Waals surface area (Å²) in [5.74, 6) is 0.212. The second kappa shape index (κ2) is 7.17. The molecule has 0 amide bonds. The van der Waals surface area contributed by atoms with E-state index in [-0.39, 0.29) is 5.82 Å². The summed E-state index contributed by atoms with van der Waals surface area (Å²) in [6, 6.07) is 3.76. The van der Waals surface area contributed by atoms with Gasteiger partial charge in [0, 0.05) is 19.7 Å². The lowest BCUT2D eigenvalue weighted by Gasteiger charge is -2.09. The van der Waals surface area contributed by atoms with Crippen LogP contribution in [0.5, 0.6) is 0 Å². The molecule has 0 aliphatic heterocycles. The fraction of sp³-hybridized carbons (Fsp3) is 0.545. The minimum atomic E-state index is -4.41. The van der Waals surface area contributed by atoms with Crippen LogP contribution in [-0.2, 0) is 10.9 Å². The van der Waals surface area contributed by atoms with Gasteiger partial charge in [-0.1, -0.05) is 6.07 Å². The quantitative estimate of drug-likeness (QED) is 0.737. The third-order valence-corrected chi connectivity index (χ3v) is 2.07. The Labute approximate surface area is 103 Å². The Hall–Kier alpha value is -1.34. The van der Waals surface area contributed by atoms with Crippen LogP contribution in [0, 0.1) is 0 Å². The Kier molecular flexibility index (Phi) is 5.87. The summed E-state index contributed by atoms with van der Waals surface area (Å²) < 4.78 is 42.3. The Balaban J connectivity index is 2.34. The number of ether oxygens (including phenoxy) is 1. The summed E-state index contributed by atoms with van der Waals surface area (Å²) in [6.07, 6.45) is -3.74. The van der Waals surface area contributed by atoms with Crippen molar-refractivity contribution in [1.29, 1.82) is 0 Å². The van der Waals surface area contributed by atoms with E-state index >= 15 is 0 Å². The van der Waals surface area contributed by atoms with Crippen LogP contribution in [0.3, 0.4) is 0 Å². The van der Waals surface area contributed by atoms with Crippen LogP contribution in [0.1, 0.15) is 12.1 Å².